The molecule has 1 rings (SSSR count). The molecule has 1 aromatic rings. The standard InChI is InChI=1S/C6H3Cl2NO2.3C3H8O.4H3N/c7-3-1-2-9-5(4(3)8)6(10)11;3*1-3(2)4;;;;/h1-2H,(H,10,11);3*3-4H,1-2H3;4*1H3. The number of aromatic nitrogens is 1. The van der Waals surface area contributed by atoms with E-state index in [4.69, 9.17) is 43.6 Å². The zero-order valence-corrected chi connectivity index (χ0v) is 18.6. The highest BCUT2D eigenvalue weighted by molar-refractivity contribution is 6.43. The molecule has 0 aliphatic heterocycles. The van der Waals surface area contributed by atoms with Crippen LogP contribution in [-0.2, 0) is 0 Å². The fraction of sp³-hybridized carbons (Fsp3) is 0.600. The summed E-state index contributed by atoms with van der Waals surface area (Å²) in [6.45, 7) is 10.3. The number of hydrogen-bond donors (Lipinski definition) is 8. The molecule has 1 heterocycles. The lowest BCUT2D eigenvalue weighted by molar-refractivity contribution is 0.0690. The minimum Gasteiger partial charge on any atom is -0.476 e. The Hall–Kier alpha value is -1.08. The van der Waals surface area contributed by atoms with Gasteiger partial charge in [0.25, 0.3) is 0 Å². The molecule has 0 aliphatic rings. The van der Waals surface area contributed by atoms with E-state index in [2.05, 4.69) is 4.98 Å². The van der Waals surface area contributed by atoms with Crippen molar-refractivity contribution >= 4 is 29.2 Å². The highest BCUT2D eigenvalue weighted by Crippen LogP contribution is 2.23. The van der Waals surface area contributed by atoms with E-state index in [9.17, 15) is 4.79 Å². The second-order valence-corrected chi connectivity index (χ2v) is 5.83. The first-order valence-corrected chi connectivity index (χ1v) is 7.65. The molecule has 0 bridgehead atoms. The molecule has 0 amide bonds. The quantitative estimate of drug-likeness (QED) is 0.312. The van der Waals surface area contributed by atoms with Crippen LogP contribution in [0, 0.1) is 0 Å². The third kappa shape index (κ3) is 45.7. The summed E-state index contributed by atoms with van der Waals surface area (Å²) in [5.74, 6) is -1.18. The number of pyridine rings is 1. The minimum atomic E-state index is -1.18. The van der Waals surface area contributed by atoms with E-state index < -0.39 is 5.97 Å². The zero-order chi connectivity index (χ0) is 19.2. The van der Waals surface area contributed by atoms with Gasteiger partial charge in [-0.3, -0.25) is 0 Å². The Morgan fingerprint density at radius 3 is 1.30 bits per heavy atom. The number of carboxylic acids is 1. The van der Waals surface area contributed by atoms with Crippen molar-refractivity contribution in [1.29, 1.82) is 0 Å². The molecule has 0 saturated carbocycles. The summed E-state index contributed by atoms with van der Waals surface area (Å²) in [6.07, 6.45) is 0.789. The number of carbonyl (C=O) groups is 1. The average molecular weight is 440 g/mol. The first kappa shape index (κ1) is 45.0. The topological polar surface area (TPSA) is 251 Å². The number of carboxylic acid groups (broad SMARTS) is 1. The van der Waals surface area contributed by atoms with Gasteiger partial charge in [-0.15, -0.1) is 0 Å². The second-order valence-electron chi connectivity index (χ2n) is 5.04. The number of hydrogen-bond acceptors (Lipinski definition) is 9. The molecule has 0 spiro atoms. The predicted octanol–water partition coefficient (Wildman–Crippen LogP) is 3.90. The Labute approximate surface area is 172 Å². The largest absolute Gasteiger partial charge is 0.476 e. The number of aliphatic hydroxyl groups excluding tert-OH is 3. The molecule has 10 nitrogen and oxygen atoms in total. The first-order chi connectivity index (χ1) is 10.3. The van der Waals surface area contributed by atoms with Gasteiger partial charge in [-0.2, -0.15) is 0 Å². The Morgan fingerprint density at radius 2 is 1.11 bits per heavy atom. The van der Waals surface area contributed by atoms with Crippen LogP contribution in [0.4, 0.5) is 0 Å². The van der Waals surface area contributed by atoms with Crippen molar-refractivity contribution in [3.63, 3.8) is 0 Å². The van der Waals surface area contributed by atoms with Crippen LogP contribution in [0.1, 0.15) is 52.0 Å². The zero-order valence-electron chi connectivity index (χ0n) is 17.1. The van der Waals surface area contributed by atoms with Crippen molar-refractivity contribution in [3.05, 3.63) is 28.0 Å². The maximum atomic E-state index is 10.4. The van der Waals surface area contributed by atoms with Crippen LogP contribution < -0.4 is 24.6 Å². The van der Waals surface area contributed by atoms with Gasteiger partial charge < -0.3 is 45.0 Å². The Bertz CT molecular complexity index is 417. The summed E-state index contributed by atoms with van der Waals surface area (Å²) < 4.78 is 0. The van der Waals surface area contributed by atoms with Crippen LogP contribution in [-0.4, -0.2) is 49.7 Å². The molecule has 16 N–H and O–H groups in total. The van der Waals surface area contributed by atoms with E-state index in [1.54, 1.807) is 41.5 Å². The van der Waals surface area contributed by atoms with E-state index in [0.29, 0.717) is 0 Å². The van der Waals surface area contributed by atoms with E-state index in [-0.39, 0.29) is 58.7 Å². The van der Waals surface area contributed by atoms with Crippen molar-refractivity contribution in [2.45, 2.75) is 59.9 Å². The SMILES string of the molecule is CC(C)O.CC(C)O.CC(C)O.N.N.N.N.O=C(O)c1nccc(Cl)c1Cl. The Morgan fingerprint density at radius 1 is 0.852 bits per heavy atom. The molecule has 0 unspecified atom stereocenters. The summed E-state index contributed by atoms with van der Waals surface area (Å²) in [5, 5.41) is 32.8. The molecule has 1 aromatic heterocycles. The number of aromatic carboxylic acids is 1. The molecule has 12 heteroatoms. The van der Waals surface area contributed by atoms with E-state index in [0.717, 1.165) is 0 Å². The van der Waals surface area contributed by atoms with Gasteiger partial charge in [-0.25, -0.2) is 9.78 Å². The number of nitrogens with zero attached hydrogens (tertiary/aromatic N) is 1. The summed E-state index contributed by atoms with van der Waals surface area (Å²) in [7, 11) is 0. The normalized spacial score (nSPS) is 7.93. The molecule has 0 aromatic carbocycles. The van der Waals surface area contributed by atoms with E-state index >= 15 is 0 Å². The number of halogens is 2. The fourth-order valence-electron chi connectivity index (χ4n) is 0.569. The van der Waals surface area contributed by atoms with Gasteiger partial charge >= 0.3 is 5.97 Å². The van der Waals surface area contributed by atoms with E-state index in [1.807, 2.05) is 0 Å². The highest BCUT2D eigenvalue weighted by atomic mass is 35.5. The Kier molecular flexibility index (Phi) is 45.2. The molecule has 168 valence electrons. The highest BCUT2D eigenvalue weighted by Gasteiger charge is 2.11. The minimum absolute atomic E-state index is 0. The van der Waals surface area contributed by atoms with Gasteiger partial charge in [-0.05, 0) is 47.6 Å². The Balaban J connectivity index is -0.0000000432. The van der Waals surface area contributed by atoms with Crippen LogP contribution in [0.5, 0.6) is 0 Å². The molecule has 0 fully saturated rings. The van der Waals surface area contributed by atoms with Crippen molar-refractivity contribution in [3.8, 4) is 0 Å². The smallest absolute Gasteiger partial charge is 0.356 e. The van der Waals surface area contributed by atoms with Crippen LogP contribution in [0.3, 0.4) is 0 Å². The van der Waals surface area contributed by atoms with Gasteiger partial charge in [-0.1, -0.05) is 23.2 Å². The molecule has 0 atom stereocenters. The lowest BCUT2D eigenvalue weighted by Crippen LogP contribution is -2.00. The molecule has 27 heavy (non-hydrogen) atoms. The molecular formula is C15H39Cl2N5O5. The number of aliphatic hydroxyl groups is 3. The van der Waals surface area contributed by atoms with Crippen molar-refractivity contribution in [2.24, 2.45) is 0 Å². The molecule has 0 radical (unpaired) electrons. The van der Waals surface area contributed by atoms with Gasteiger partial charge in [0, 0.05) is 24.5 Å². The molecular weight excluding hydrogens is 401 g/mol. The van der Waals surface area contributed by atoms with Gasteiger partial charge in [0.05, 0.1) is 10.0 Å². The third-order valence-corrected chi connectivity index (χ3v) is 1.84. The molecule has 0 saturated heterocycles. The van der Waals surface area contributed by atoms with Gasteiger partial charge in [0.15, 0.2) is 5.69 Å². The fourth-order valence-corrected chi connectivity index (χ4v) is 0.908. The summed E-state index contributed by atoms with van der Waals surface area (Å²) in [5.41, 5.74) is -0.223. The van der Waals surface area contributed by atoms with E-state index in [1.165, 1.54) is 12.3 Å². The maximum absolute atomic E-state index is 10.4. The summed E-state index contributed by atoms with van der Waals surface area (Å²) in [4.78, 5) is 13.9. The molecule has 0 aliphatic carbocycles. The summed E-state index contributed by atoms with van der Waals surface area (Å²) >= 11 is 11.0. The van der Waals surface area contributed by atoms with Crippen LogP contribution >= 0.6 is 23.2 Å². The lowest BCUT2D eigenvalue weighted by atomic mass is 10.3. The maximum Gasteiger partial charge on any atom is 0.356 e. The number of rotatable bonds is 1. The van der Waals surface area contributed by atoms with Crippen molar-refractivity contribution in [1.82, 2.24) is 29.6 Å². The predicted molar refractivity (Wildman–Crippen MR) is 113 cm³/mol. The van der Waals surface area contributed by atoms with Gasteiger partial charge in [0.2, 0.25) is 0 Å². The average Bonchev–Trinajstić information content (AvgIpc) is 2.30. The van der Waals surface area contributed by atoms with Crippen LogP contribution in [0.15, 0.2) is 12.3 Å². The lowest BCUT2D eigenvalue weighted by Gasteiger charge is -1.97. The monoisotopic (exact) mass is 439 g/mol. The van der Waals surface area contributed by atoms with Crippen LogP contribution in [0.25, 0.3) is 0 Å². The van der Waals surface area contributed by atoms with Crippen molar-refractivity contribution < 1.29 is 25.2 Å². The van der Waals surface area contributed by atoms with Crippen molar-refractivity contribution in [2.75, 3.05) is 0 Å². The third-order valence-electron chi connectivity index (χ3n) is 1.04. The summed E-state index contributed by atoms with van der Waals surface area (Å²) in [6, 6.07) is 1.43. The first-order valence-electron chi connectivity index (χ1n) is 6.90. The van der Waals surface area contributed by atoms with Gasteiger partial charge in [0.1, 0.15) is 0 Å². The second kappa shape index (κ2) is 27.1. The van der Waals surface area contributed by atoms with Crippen LogP contribution in [0.2, 0.25) is 10.0 Å².